The van der Waals surface area contributed by atoms with E-state index < -0.39 is 5.97 Å². The van der Waals surface area contributed by atoms with Gasteiger partial charge in [0.2, 0.25) is 0 Å². The zero-order valence-corrected chi connectivity index (χ0v) is 11.2. The van der Waals surface area contributed by atoms with E-state index in [-0.39, 0.29) is 29.9 Å². The van der Waals surface area contributed by atoms with E-state index in [9.17, 15) is 14.7 Å². The number of para-hydroxylation sites is 1. The summed E-state index contributed by atoms with van der Waals surface area (Å²) in [5.41, 5.74) is 0.0535. The molecular formula is C14H19NO4. The summed E-state index contributed by atoms with van der Waals surface area (Å²) in [5, 5.41) is 12.2. The van der Waals surface area contributed by atoms with Crippen LogP contribution in [-0.2, 0) is 9.53 Å². The van der Waals surface area contributed by atoms with Crippen LogP contribution in [0, 0.1) is 0 Å². The summed E-state index contributed by atoms with van der Waals surface area (Å²) in [7, 11) is 0. The molecule has 0 aliphatic rings. The number of ether oxygens (including phenoxy) is 1. The van der Waals surface area contributed by atoms with E-state index in [0.717, 1.165) is 12.8 Å². The molecule has 0 unspecified atom stereocenters. The molecule has 1 aromatic rings. The Balaban J connectivity index is 2.47. The molecule has 1 rings (SSSR count). The van der Waals surface area contributed by atoms with Gasteiger partial charge >= 0.3 is 5.97 Å². The molecule has 104 valence electrons. The van der Waals surface area contributed by atoms with Gasteiger partial charge in [-0.05, 0) is 25.0 Å². The summed E-state index contributed by atoms with van der Waals surface area (Å²) >= 11 is 0. The number of amides is 1. The number of carbonyl (C=O) groups excluding carboxylic acids is 2. The Bertz CT molecular complexity index is 441. The second kappa shape index (κ2) is 7.41. The van der Waals surface area contributed by atoms with Gasteiger partial charge in [-0.15, -0.1) is 0 Å². The highest BCUT2D eigenvalue weighted by molar-refractivity contribution is 5.93. The summed E-state index contributed by atoms with van der Waals surface area (Å²) in [4.78, 5) is 23.2. The van der Waals surface area contributed by atoms with E-state index in [1.165, 1.54) is 12.1 Å². The number of carbonyl (C=O) groups is 2. The van der Waals surface area contributed by atoms with Crippen molar-refractivity contribution in [2.75, 3.05) is 6.61 Å². The van der Waals surface area contributed by atoms with Gasteiger partial charge in [-0.25, -0.2) is 4.79 Å². The molecule has 0 aliphatic carbocycles. The van der Waals surface area contributed by atoms with E-state index in [1.807, 2.05) is 13.8 Å². The largest absolute Gasteiger partial charge is 0.507 e. The van der Waals surface area contributed by atoms with Crippen molar-refractivity contribution in [3.05, 3.63) is 29.8 Å². The molecule has 0 bridgehead atoms. The summed E-state index contributed by atoms with van der Waals surface area (Å²) in [6.07, 6.45) is 1.66. The maximum absolute atomic E-state index is 11.6. The van der Waals surface area contributed by atoms with Gasteiger partial charge in [-0.1, -0.05) is 26.0 Å². The monoisotopic (exact) mass is 265 g/mol. The second-order valence-corrected chi connectivity index (χ2v) is 4.17. The molecule has 0 saturated heterocycles. The van der Waals surface area contributed by atoms with E-state index in [1.54, 1.807) is 12.1 Å². The lowest BCUT2D eigenvalue weighted by molar-refractivity contribution is -0.125. The van der Waals surface area contributed by atoms with E-state index in [0.29, 0.717) is 0 Å². The molecule has 2 N–H and O–H groups in total. The third kappa shape index (κ3) is 4.62. The number of phenols is 1. The number of rotatable bonds is 6. The van der Waals surface area contributed by atoms with Crippen molar-refractivity contribution in [3.8, 4) is 5.75 Å². The molecular weight excluding hydrogens is 246 g/mol. The van der Waals surface area contributed by atoms with Crippen molar-refractivity contribution >= 4 is 11.9 Å². The van der Waals surface area contributed by atoms with Crippen LogP contribution in [0.25, 0.3) is 0 Å². The predicted molar refractivity (Wildman–Crippen MR) is 70.9 cm³/mol. The molecule has 0 aliphatic heterocycles. The Morgan fingerprint density at radius 2 is 1.89 bits per heavy atom. The van der Waals surface area contributed by atoms with Crippen LogP contribution in [0.3, 0.4) is 0 Å². The first-order valence-electron chi connectivity index (χ1n) is 6.32. The number of nitrogens with one attached hydrogen (secondary N) is 1. The molecule has 1 amide bonds. The first-order chi connectivity index (χ1) is 9.08. The Hall–Kier alpha value is -2.04. The zero-order valence-electron chi connectivity index (χ0n) is 11.2. The molecule has 0 heterocycles. The van der Waals surface area contributed by atoms with Crippen LogP contribution in [0.5, 0.6) is 5.75 Å². The number of aromatic hydroxyl groups is 1. The minimum atomic E-state index is -0.710. The third-order valence-corrected chi connectivity index (χ3v) is 2.81. The highest BCUT2D eigenvalue weighted by Gasteiger charge is 2.14. The topological polar surface area (TPSA) is 75.6 Å². The average molecular weight is 265 g/mol. The zero-order chi connectivity index (χ0) is 14.3. The Labute approximate surface area is 112 Å². The molecule has 0 atom stereocenters. The minimum Gasteiger partial charge on any atom is -0.507 e. The van der Waals surface area contributed by atoms with E-state index >= 15 is 0 Å². The van der Waals surface area contributed by atoms with Crippen LogP contribution in [0.15, 0.2) is 24.3 Å². The van der Waals surface area contributed by atoms with Crippen LogP contribution in [0.2, 0.25) is 0 Å². The standard InChI is InChI=1S/C14H19NO4/c1-3-10(4-2)15-13(17)9-19-14(18)11-7-5-6-8-12(11)16/h5-8,10,16H,3-4,9H2,1-2H3,(H,15,17). The van der Waals surface area contributed by atoms with Crippen molar-refractivity contribution in [1.82, 2.24) is 5.32 Å². The molecule has 0 aromatic heterocycles. The molecule has 0 radical (unpaired) electrons. The highest BCUT2D eigenvalue weighted by atomic mass is 16.5. The second-order valence-electron chi connectivity index (χ2n) is 4.17. The van der Waals surface area contributed by atoms with Crippen LogP contribution >= 0.6 is 0 Å². The minimum absolute atomic E-state index is 0.0535. The Kier molecular flexibility index (Phi) is 5.85. The Morgan fingerprint density at radius 3 is 2.47 bits per heavy atom. The molecule has 0 spiro atoms. The van der Waals surface area contributed by atoms with E-state index in [4.69, 9.17) is 4.74 Å². The lowest BCUT2D eigenvalue weighted by atomic mass is 10.2. The summed E-state index contributed by atoms with van der Waals surface area (Å²) in [6.45, 7) is 3.61. The van der Waals surface area contributed by atoms with Gasteiger partial charge in [0.05, 0.1) is 0 Å². The molecule has 1 aromatic carbocycles. The number of esters is 1. The number of hydrogen-bond acceptors (Lipinski definition) is 4. The summed E-state index contributed by atoms with van der Waals surface area (Å²) in [5.74, 6) is -1.21. The van der Waals surface area contributed by atoms with Gasteiger partial charge in [0, 0.05) is 6.04 Å². The molecule has 5 heteroatoms. The van der Waals surface area contributed by atoms with Crippen molar-refractivity contribution in [2.24, 2.45) is 0 Å². The lowest BCUT2D eigenvalue weighted by Gasteiger charge is -2.14. The van der Waals surface area contributed by atoms with Gasteiger partial charge in [-0.2, -0.15) is 0 Å². The normalized spacial score (nSPS) is 10.3. The number of benzene rings is 1. The van der Waals surface area contributed by atoms with Crippen molar-refractivity contribution in [1.29, 1.82) is 0 Å². The van der Waals surface area contributed by atoms with Crippen molar-refractivity contribution < 1.29 is 19.4 Å². The van der Waals surface area contributed by atoms with Crippen molar-refractivity contribution in [2.45, 2.75) is 32.7 Å². The Morgan fingerprint density at radius 1 is 1.26 bits per heavy atom. The van der Waals surface area contributed by atoms with Crippen LogP contribution in [0.4, 0.5) is 0 Å². The van der Waals surface area contributed by atoms with Gasteiger partial charge in [0.15, 0.2) is 6.61 Å². The first-order valence-corrected chi connectivity index (χ1v) is 6.32. The highest BCUT2D eigenvalue weighted by Crippen LogP contribution is 2.16. The smallest absolute Gasteiger partial charge is 0.342 e. The maximum atomic E-state index is 11.6. The fourth-order valence-electron chi connectivity index (χ4n) is 1.62. The van der Waals surface area contributed by atoms with Gasteiger partial charge in [0.25, 0.3) is 5.91 Å². The summed E-state index contributed by atoms with van der Waals surface area (Å²) in [6, 6.07) is 6.14. The fraction of sp³-hybridized carbons (Fsp3) is 0.429. The van der Waals surface area contributed by atoms with Crippen LogP contribution in [-0.4, -0.2) is 29.6 Å². The summed E-state index contributed by atoms with van der Waals surface area (Å²) < 4.78 is 4.85. The molecule has 19 heavy (non-hydrogen) atoms. The number of hydrogen-bond donors (Lipinski definition) is 2. The molecule has 0 saturated carbocycles. The number of phenolic OH excluding ortho intramolecular Hbond substituents is 1. The van der Waals surface area contributed by atoms with Gasteiger partial charge in [-0.3, -0.25) is 4.79 Å². The van der Waals surface area contributed by atoms with Gasteiger partial charge < -0.3 is 15.2 Å². The van der Waals surface area contributed by atoms with E-state index in [2.05, 4.69) is 5.32 Å². The van der Waals surface area contributed by atoms with Crippen LogP contribution < -0.4 is 5.32 Å². The predicted octanol–water partition coefficient (Wildman–Crippen LogP) is 1.85. The van der Waals surface area contributed by atoms with Crippen LogP contribution in [0.1, 0.15) is 37.0 Å². The first kappa shape index (κ1) is 15.0. The quantitative estimate of drug-likeness (QED) is 0.770. The average Bonchev–Trinajstić information content (AvgIpc) is 2.42. The van der Waals surface area contributed by atoms with Crippen molar-refractivity contribution in [3.63, 3.8) is 0 Å². The molecule has 5 nitrogen and oxygen atoms in total. The lowest BCUT2D eigenvalue weighted by Crippen LogP contribution is -2.36. The third-order valence-electron chi connectivity index (χ3n) is 2.81. The molecule has 0 fully saturated rings. The maximum Gasteiger partial charge on any atom is 0.342 e. The van der Waals surface area contributed by atoms with Gasteiger partial charge in [0.1, 0.15) is 11.3 Å². The fourth-order valence-corrected chi connectivity index (χ4v) is 1.62. The SMILES string of the molecule is CCC(CC)NC(=O)COC(=O)c1ccccc1O.